The third kappa shape index (κ3) is 2.61. The molecule has 19 heavy (non-hydrogen) atoms. The van der Waals surface area contributed by atoms with Crippen LogP contribution in [0.15, 0.2) is 24.5 Å². The van der Waals surface area contributed by atoms with E-state index in [9.17, 15) is 4.79 Å². The summed E-state index contributed by atoms with van der Waals surface area (Å²) in [7, 11) is 0. The van der Waals surface area contributed by atoms with Crippen molar-refractivity contribution in [3.05, 3.63) is 35.8 Å². The molecule has 5 nitrogen and oxygen atoms in total. The fourth-order valence-electron chi connectivity index (χ4n) is 2.40. The summed E-state index contributed by atoms with van der Waals surface area (Å²) in [5.74, 6) is 0.168. The molecule has 5 heteroatoms. The molecule has 0 aliphatic carbocycles. The molecule has 100 valence electrons. The number of hydrogen-bond acceptors (Lipinski definition) is 3. The largest absolute Gasteiger partial charge is 0.340 e. The van der Waals surface area contributed by atoms with Gasteiger partial charge in [-0.2, -0.15) is 0 Å². The Labute approximate surface area is 112 Å². The van der Waals surface area contributed by atoms with Gasteiger partial charge in [-0.1, -0.05) is 0 Å². The maximum atomic E-state index is 12.2. The number of rotatable bonds is 2. The number of carbonyl (C=O) groups excluding carboxylic acids is 1. The molecular weight excluding hydrogens is 240 g/mol. The first kappa shape index (κ1) is 12.2. The molecule has 2 aromatic rings. The van der Waals surface area contributed by atoms with Crippen LogP contribution in [0.1, 0.15) is 11.3 Å². The van der Waals surface area contributed by atoms with Gasteiger partial charge in [0, 0.05) is 38.6 Å². The topological polar surface area (TPSA) is 49.6 Å². The summed E-state index contributed by atoms with van der Waals surface area (Å²) in [6, 6.07) is 4.06. The quantitative estimate of drug-likeness (QED) is 0.859. The monoisotopic (exact) mass is 258 g/mol. The van der Waals surface area contributed by atoms with Gasteiger partial charge in [0.2, 0.25) is 5.91 Å². The molecular formula is C14H18N4O. The Morgan fingerprint density at radius 1 is 1.42 bits per heavy atom. The number of aromatic nitrogens is 2. The maximum Gasteiger partial charge on any atom is 0.228 e. The third-order valence-corrected chi connectivity index (χ3v) is 3.47. The number of hydrogen-bond donors (Lipinski definition) is 1. The van der Waals surface area contributed by atoms with Gasteiger partial charge in [0.25, 0.3) is 0 Å². The summed E-state index contributed by atoms with van der Waals surface area (Å²) in [4.78, 5) is 18.6. The molecule has 0 saturated carbocycles. The molecule has 0 unspecified atom stereocenters. The lowest BCUT2D eigenvalue weighted by Gasteiger charge is -2.27. The van der Waals surface area contributed by atoms with Gasteiger partial charge in [0.05, 0.1) is 12.1 Å². The van der Waals surface area contributed by atoms with Crippen LogP contribution in [-0.2, 0) is 11.2 Å². The molecule has 0 aromatic carbocycles. The Balaban J connectivity index is 1.75. The Bertz CT molecular complexity index is 599. The van der Waals surface area contributed by atoms with E-state index in [1.165, 1.54) is 5.56 Å². The van der Waals surface area contributed by atoms with Crippen molar-refractivity contribution in [2.75, 3.05) is 26.2 Å². The first-order valence-electron chi connectivity index (χ1n) is 6.65. The molecule has 1 N–H and O–H groups in total. The van der Waals surface area contributed by atoms with E-state index in [1.807, 2.05) is 40.8 Å². The number of carbonyl (C=O) groups is 1. The van der Waals surface area contributed by atoms with Gasteiger partial charge >= 0.3 is 0 Å². The van der Waals surface area contributed by atoms with E-state index in [-0.39, 0.29) is 5.91 Å². The van der Waals surface area contributed by atoms with Crippen molar-refractivity contribution in [2.45, 2.75) is 13.3 Å². The Kier molecular flexibility index (Phi) is 3.21. The molecule has 1 aliphatic rings. The SMILES string of the molecule is Cc1ccn2cc(CC(=O)N3CCNCC3)nc2c1. The van der Waals surface area contributed by atoms with Crippen molar-refractivity contribution < 1.29 is 4.79 Å². The van der Waals surface area contributed by atoms with Crippen LogP contribution in [0.2, 0.25) is 0 Å². The molecule has 2 aromatic heterocycles. The zero-order valence-corrected chi connectivity index (χ0v) is 11.1. The van der Waals surface area contributed by atoms with Crippen LogP contribution in [0.5, 0.6) is 0 Å². The minimum atomic E-state index is 0.168. The fraction of sp³-hybridized carbons (Fsp3) is 0.429. The first-order chi connectivity index (χ1) is 9.22. The number of pyridine rings is 1. The lowest BCUT2D eigenvalue weighted by atomic mass is 10.2. The number of imidazole rings is 1. The van der Waals surface area contributed by atoms with E-state index in [1.54, 1.807) is 0 Å². The zero-order chi connectivity index (χ0) is 13.2. The van der Waals surface area contributed by atoms with E-state index in [0.717, 1.165) is 37.5 Å². The molecule has 1 fully saturated rings. The number of fused-ring (bicyclic) bond motifs is 1. The highest BCUT2D eigenvalue weighted by atomic mass is 16.2. The molecule has 3 rings (SSSR count). The highest BCUT2D eigenvalue weighted by Gasteiger charge is 2.17. The standard InChI is InChI=1S/C14H18N4O/c1-11-2-5-18-10-12(16-13(18)8-11)9-14(19)17-6-3-15-4-7-17/h2,5,8,10,15H,3-4,6-7,9H2,1H3. The van der Waals surface area contributed by atoms with Crippen molar-refractivity contribution in [3.63, 3.8) is 0 Å². The predicted molar refractivity (Wildman–Crippen MR) is 73.1 cm³/mol. The van der Waals surface area contributed by atoms with Crippen molar-refractivity contribution in [2.24, 2.45) is 0 Å². The molecule has 0 bridgehead atoms. The molecule has 1 aliphatic heterocycles. The normalized spacial score (nSPS) is 15.9. The van der Waals surface area contributed by atoms with Gasteiger partial charge in [-0.05, 0) is 24.6 Å². The van der Waals surface area contributed by atoms with Gasteiger partial charge in [0.1, 0.15) is 5.65 Å². The number of nitrogens with one attached hydrogen (secondary N) is 1. The van der Waals surface area contributed by atoms with E-state index < -0.39 is 0 Å². The smallest absolute Gasteiger partial charge is 0.228 e. The minimum absolute atomic E-state index is 0.168. The summed E-state index contributed by atoms with van der Waals surface area (Å²) in [5.41, 5.74) is 2.93. The predicted octanol–water partition coefficient (Wildman–Crippen LogP) is 0.617. The second-order valence-electron chi connectivity index (χ2n) is 5.01. The van der Waals surface area contributed by atoms with Gasteiger partial charge in [-0.25, -0.2) is 4.98 Å². The highest BCUT2D eigenvalue weighted by molar-refractivity contribution is 5.78. The number of piperazine rings is 1. The zero-order valence-electron chi connectivity index (χ0n) is 11.1. The van der Waals surface area contributed by atoms with Gasteiger partial charge < -0.3 is 14.6 Å². The molecule has 0 spiro atoms. The summed E-state index contributed by atoms with van der Waals surface area (Å²) < 4.78 is 1.97. The fourth-order valence-corrected chi connectivity index (χ4v) is 2.40. The highest BCUT2D eigenvalue weighted by Crippen LogP contribution is 2.09. The van der Waals surface area contributed by atoms with Crippen LogP contribution in [-0.4, -0.2) is 46.4 Å². The van der Waals surface area contributed by atoms with Crippen molar-refractivity contribution in [1.82, 2.24) is 19.6 Å². The van der Waals surface area contributed by atoms with Crippen LogP contribution in [0.3, 0.4) is 0 Å². The first-order valence-corrected chi connectivity index (χ1v) is 6.65. The summed E-state index contributed by atoms with van der Waals surface area (Å²) in [6.45, 7) is 5.41. The molecule has 0 radical (unpaired) electrons. The lowest BCUT2D eigenvalue weighted by Crippen LogP contribution is -2.46. The summed E-state index contributed by atoms with van der Waals surface area (Å²) in [6.07, 6.45) is 4.31. The summed E-state index contributed by atoms with van der Waals surface area (Å²) >= 11 is 0. The van der Waals surface area contributed by atoms with E-state index in [2.05, 4.69) is 10.3 Å². The molecule has 1 saturated heterocycles. The maximum absolute atomic E-state index is 12.2. The number of amides is 1. The summed E-state index contributed by atoms with van der Waals surface area (Å²) in [5, 5.41) is 3.25. The Morgan fingerprint density at radius 2 is 2.21 bits per heavy atom. The van der Waals surface area contributed by atoms with Crippen molar-refractivity contribution >= 4 is 11.6 Å². The molecule has 1 amide bonds. The molecule has 3 heterocycles. The van der Waals surface area contributed by atoms with E-state index >= 15 is 0 Å². The van der Waals surface area contributed by atoms with E-state index in [0.29, 0.717) is 6.42 Å². The second-order valence-corrected chi connectivity index (χ2v) is 5.01. The number of nitrogens with zero attached hydrogens (tertiary/aromatic N) is 3. The lowest BCUT2D eigenvalue weighted by molar-refractivity contribution is -0.131. The number of aryl methyl sites for hydroxylation is 1. The van der Waals surface area contributed by atoms with Crippen LogP contribution >= 0.6 is 0 Å². The molecule has 0 atom stereocenters. The van der Waals surface area contributed by atoms with Crippen LogP contribution < -0.4 is 5.32 Å². The third-order valence-electron chi connectivity index (χ3n) is 3.47. The van der Waals surface area contributed by atoms with Gasteiger partial charge in [0.15, 0.2) is 0 Å². The van der Waals surface area contributed by atoms with Crippen LogP contribution in [0.4, 0.5) is 0 Å². The second kappa shape index (κ2) is 5.01. The van der Waals surface area contributed by atoms with Crippen molar-refractivity contribution in [3.8, 4) is 0 Å². The van der Waals surface area contributed by atoms with Crippen LogP contribution in [0, 0.1) is 6.92 Å². The average molecular weight is 258 g/mol. The minimum Gasteiger partial charge on any atom is -0.340 e. The Morgan fingerprint density at radius 3 is 3.00 bits per heavy atom. The van der Waals surface area contributed by atoms with E-state index in [4.69, 9.17) is 0 Å². The van der Waals surface area contributed by atoms with Gasteiger partial charge in [-0.3, -0.25) is 4.79 Å². The van der Waals surface area contributed by atoms with Crippen LogP contribution in [0.25, 0.3) is 5.65 Å². The van der Waals surface area contributed by atoms with Crippen molar-refractivity contribution in [1.29, 1.82) is 0 Å². The Hall–Kier alpha value is -1.88. The van der Waals surface area contributed by atoms with Gasteiger partial charge in [-0.15, -0.1) is 0 Å². The average Bonchev–Trinajstić information content (AvgIpc) is 2.81.